The molecule has 2 fully saturated rings. The Bertz CT molecular complexity index is 1520. The van der Waals surface area contributed by atoms with E-state index in [9.17, 15) is 14.4 Å². The molecule has 14 heteroatoms. The highest BCUT2D eigenvalue weighted by Gasteiger charge is 3.17. The van der Waals surface area contributed by atoms with Crippen molar-refractivity contribution < 1.29 is 47.5 Å². The topological polar surface area (TPSA) is 116 Å². The monoisotopic (exact) mass is 776 g/mol. The molecular weight excluding hydrogens is 751 g/mol. The first-order valence-corrected chi connectivity index (χ1v) is 16.1. The number of ether oxygens (including phenoxy) is 7. The maximum absolute atomic E-state index is 14.6. The van der Waals surface area contributed by atoms with Gasteiger partial charge in [-0.1, -0.05) is 55.1 Å². The maximum Gasteiger partial charge on any atom is 0.342 e. The van der Waals surface area contributed by atoms with Crippen LogP contribution in [0.2, 0.25) is 0 Å². The number of alkyl halides is 1. The summed E-state index contributed by atoms with van der Waals surface area (Å²) in [5.74, 6) is -7.84. The Kier molecular flexibility index (Phi) is 8.84. The van der Waals surface area contributed by atoms with Crippen molar-refractivity contribution in [2.45, 2.75) is 44.3 Å². The van der Waals surface area contributed by atoms with Gasteiger partial charge in [-0.2, -0.15) is 0 Å². The van der Waals surface area contributed by atoms with Crippen LogP contribution in [0.25, 0.3) is 0 Å². The fourth-order valence-corrected chi connectivity index (χ4v) is 8.00. The van der Waals surface area contributed by atoms with Crippen molar-refractivity contribution in [2.24, 2.45) is 10.8 Å². The summed E-state index contributed by atoms with van der Waals surface area (Å²) >= 11 is 21.3. The first-order valence-electron chi connectivity index (χ1n) is 13.8. The van der Waals surface area contributed by atoms with Crippen LogP contribution >= 0.6 is 55.1 Å². The molecule has 2 aliphatic heterocycles. The summed E-state index contributed by atoms with van der Waals surface area (Å²) in [6, 6.07) is 12.9. The lowest BCUT2D eigenvalue weighted by molar-refractivity contribution is -0.292. The summed E-state index contributed by atoms with van der Waals surface area (Å²) in [6.45, 7) is 5.88. The Morgan fingerprint density at radius 3 is 1.61 bits per heavy atom. The van der Waals surface area contributed by atoms with Crippen LogP contribution in [0.15, 0.2) is 68.1 Å². The second-order valence-corrected chi connectivity index (χ2v) is 12.6. The quantitative estimate of drug-likeness (QED) is 0.139. The largest absolute Gasteiger partial charge is 0.469 e. The molecule has 236 valence electrons. The van der Waals surface area contributed by atoms with E-state index in [-0.39, 0.29) is 37.9 Å². The molecule has 2 aromatic rings. The highest BCUT2D eigenvalue weighted by Crippen LogP contribution is 2.93. The van der Waals surface area contributed by atoms with Crippen LogP contribution in [0.1, 0.15) is 27.7 Å². The molecule has 1 saturated carbocycles. The Labute approximate surface area is 280 Å². The third-order valence-electron chi connectivity index (χ3n) is 7.71. The van der Waals surface area contributed by atoms with Gasteiger partial charge in [0.1, 0.15) is 17.1 Å². The molecule has 2 bridgehead atoms. The van der Waals surface area contributed by atoms with Gasteiger partial charge in [0.25, 0.3) is 5.79 Å². The number of fused-ring (bicyclic) bond motifs is 5. The van der Waals surface area contributed by atoms with Crippen LogP contribution in [0.5, 0.6) is 11.5 Å². The Hall–Kier alpha value is -2.35. The van der Waals surface area contributed by atoms with Gasteiger partial charge in [-0.05, 0) is 76.2 Å². The number of carbonyl (C=O) groups excluding carboxylic acids is 3. The number of hydrogen-bond acceptors (Lipinski definition) is 10. The van der Waals surface area contributed by atoms with E-state index in [1.54, 1.807) is 76.2 Å². The van der Waals surface area contributed by atoms with Gasteiger partial charge in [0, 0.05) is 15.6 Å². The maximum atomic E-state index is 14.6. The van der Waals surface area contributed by atoms with Gasteiger partial charge >= 0.3 is 17.9 Å². The summed E-state index contributed by atoms with van der Waals surface area (Å²) in [4.78, 5) is 42.8. The second kappa shape index (κ2) is 11.8. The number of hydrogen-bond donors (Lipinski definition) is 0. The van der Waals surface area contributed by atoms with Crippen LogP contribution < -0.4 is 9.47 Å². The van der Waals surface area contributed by atoms with Gasteiger partial charge in [-0.25, -0.2) is 4.79 Å². The molecule has 0 amide bonds. The summed E-state index contributed by atoms with van der Waals surface area (Å²) in [6.07, 6.45) is 0. The molecule has 0 aromatic heterocycles. The smallest absolute Gasteiger partial charge is 0.342 e. The molecule has 5 atom stereocenters. The summed E-state index contributed by atoms with van der Waals surface area (Å²) in [5.41, 5.74) is -5.32. The van der Waals surface area contributed by atoms with Crippen molar-refractivity contribution in [3.63, 3.8) is 0 Å². The van der Waals surface area contributed by atoms with Crippen molar-refractivity contribution in [1.29, 1.82) is 0 Å². The van der Waals surface area contributed by atoms with Crippen LogP contribution in [0.3, 0.4) is 0 Å². The average molecular weight is 779 g/mol. The van der Waals surface area contributed by atoms with Crippen molar-refractivity contribution in [1.82, 2.24) is 0 Å². The van der Waals surface area contributed by atoms with E-state index in [0.29, 0.717) is 4.47 Å². The average Bonchev–Trinajstić information content (AvgIpc) is 3.26. The lowest BCUT2D eigenvalue weighted by Crippen LogP contribution is -2.56. The number of rotatable bonds is 12. The SMILES string of the molecule is CCOC(=O)C1=C(Cl)[C@]2(OCC)O[C@@]1(Oc1ccc(Br)cc1)[C@@]1(C(=O)OCC)[C@@](Cl)(Oc3ccc(Br)cc3)[C@@]21C(=O)OCC. The fraction of sp³-hybridized carbons (Fsp3) is 0.433. The molecule has 2 aromatic carbocycles. The van der Waals surface area contributed by atoms with Crippen molar-refractivity contribution in [3.05, 3.63) is 68.1 Å². The van der Waals surface area contributed by atoms with Gasteiger partial charge in [-0.15, -0.1) is 0 Å². The van der Waals surface area contributed by atoms with E-state index in [1.165, 1.54) is 0 Å². The fourth-order valence-electron chi connectivity index (χ4n) is 6.31. The van der Waals surface area contributed by atoms with Crippen LogP contribution in [-0.4, -0.2) is 61.0 Å². The number of carbonyl (C=O) groups is 3. The van der Waals surface area contributed by atoms with E-state index in [2.05, 4.69) is 31.9 Å². The number of esters is 3. The van der Waals surface area contributed by atoms with Crippen LogP contribution in [0.4, 0.5) is 0 Å². The first-order chi connectivity index (χ1) is 20.9. The molecule has 0 N–H and O–H groups in total. The molecular formula is C30H28Br2Cl2O10. The zero-order valence-corrected chi connectivity index (χ0v) is 28.7. The number of halogens is 4. The van der Waals surface area contributed by atoms with E-state index in [4.69, 9.17) is 56.4 Å². The Morgan fingerprint density at radius 1 is 0.705 bits per heavy atom. The molecule has 5 rings (SSSR count). The molecule has 10 nitrogen and oxygen atoms in total. The highest BCUT2D eigenvalue weighted by molar-refractivity contribution is 9.10. The standard InChI is InChI=1S/C30H28Br2Cl2O10/c1-5-38-23(35)21-22(33)29(41-8-4)27(25(37)40-7-3)26(24(36)39-6-2,30(27,34)43-20-15-11-18(32)12-16-20)28(21,44-29)42-19-13-9-17(31)10-14-19/h9-16H,5-8H2,1-4H3/t26-,27+,28+,29-,30+/m0/s1. The molecule has 0 spiro atoms. The van der Waals surface area contributed by atoms with E-state index >= 15 is 0 Å². The van der Waals surface area contributed by atoms with Crippen LogP contribution in [-0.2, 0) is 38.1 Å². The van der Waals surface area contributed by atoms with Crippen LogP contribution in [0, 0.1) is 10.8 Å². The zero-order chi connectivity index (χ0) is 32.1. The molecule has 1 aliphatic carbocycles. The van der Waals surface area contributed by atoms with Gasteiger partial charge in [0.05, 0.1) is 24.9 Å². The summed E-state index contributed by atoms with van der Waals surface area (Å²) < 4.78 is 43.6. The number of benzene rings is 2. The lowest BCUT2D eigenvalue weighted by atomic mass is 9.75. The molecule has 0 radical (unpaired) electrons. The van der Waals surface area contributed by atoms with Crippen molar-refractivity contribution in [2.75, 3.05) is 26.4 Å². The summed E-state index contributed by atoms with van der Waals surface area (Å²) in [5, 5.41) is -2.83. The molecule has 0 unspecified atom stereocenters. The summed E-state index contributed by atoms with van der Waals surface area (Å²) in [7, 11) is 0. The van der Waals surface area contributed by atoms with Crippen molar-refractivity contribution in [3.8, 4) is 11.5 Å². The minimum Gasteiger partial charge on any atom is -0.469 e. The predicted octanol–water partition coefficient (Wildman–Crippen LogP) is 6.25. The lowest BCUT2D eigenvalue weighted by Gasteiger charge is -2.38. The second-order valence-electron chi connectivity index (χ2n) is 9.83. The normalized spacial score (nSPS) is 31.3. The van der Waals surface area contributed by atoms with Crippen molar-refractivity contribution >= 4 is 73.0 Å². The molecule has 3 aliphatic rings. The van der Waals surface area contributed by atoms with Gasteiger partial charge in [-0.3, -0.25) is 14.3 Å². The predicted molar refractivity (Wildman–Crippen MR) is 164 cm³/mol. The van der Waals surface area contributed by atoms with Gasteiger partial charge < -0.3 is 28.4 Å². The van der Waals surface area contributed by atoms with E-state index in [1.807, 2.05) is 0 Å². The Morgan fingerprint density at radius 2 is 1.16 bits per heavy atom. The first kappa shape index (κ1) is 33.0. The molecule has 1 saturated heterocycles. The zero-order valence-electron chi connectivity index (χ0n) is 24.0. The van der Waals surface area contributed by atoms with E-state index in [0.717, 1.165) is 4.47 Å². The molecule has 44 heavy (non-hydrogen) atoms. The third kappa shape index (κ3) is 4.00. The minimum absolute atomic E-state index is 0.0701. The minimum atomic E-state index is -2.57. The third-order valence-corrected chi connectivity index (χ3v) is 9.85. The molecule has 2 heterocycles. The van der Waals surface area contributed by atoms with Gasteiger partial charge in [0.15, 0.2) is 0 Å². The highest BCUT2D eigenvalue weighted by atomic mass is 79.9. The Balaban J connectivity index is 1.91. The van der Waals surface area contributed by atoms with E-state index < -0.39 is 56.0 Å². The van der Waals surface area contributed by atoms with Gasteiger partial charge in [0.2, 0.25) is 21.7 Å².